The third-order valence-corrected chi connectivity index (χ3v) is 4.58. The number of benzene rings is 2. The first kappa shape index (κ1) is 14.6. The predicted octanol–water partition coefficient (Wildman–Crippen LogP) is 4.64. The molecule has 1 nitrogen and oxygen atoms in total. The van der Waals surface area contributed by atoms with Crippen LogP contribution >= 0.6 is 27.7 Å². The van der Waals surface area contributed by atoms with E-state index in [0.29, 0.717) is 10.0 Å². The molecule has 0 saturated carbocycles. The van der Waals surface area contributed by atoms with Crippen LogP contribution in [-0.2, 0) is 0 Å². The van der Waals surface area contributed by atoms with Crippen molar-refractivity contribution in [1.29, 1.82) is 0 Å². The van der Waals surface area contributed by atoms with Gasteiger partial charge in [0.05, 0.1) is 4.47 Å². The fraction of sp³-hybridized carbons (Fsp3) is 0.200. The van der Waals surface area contributed by atoms with Crippen LogP contribution in [0.2, 0.25) is 0 Å². The molecule has 0 aliphatic carbocycles. The van der Waals surface area contributed by atoms with Gasteiger partial charge in [-0.3, -0.25) is 0 Å². The van der Waals surface area contributed by atoms with E-state index in [4.69, 9.17) is 0 Å². The zero-order valence-electron chi connectivity index (χ0n) is 10.6. The Bertz CT molecular complexity index is 533. The summed E-state index contributed by atoms with van der Waals surface area (Å²) in [6.45, 7) is 0. The van der Waals surface area contributed by atoms with E-state index in [9.17, 15) is 4.39 Å². The van der Waals surface area contributed by atoms with Crippen molar-refractivity contribution in [2.24, 2.45) is 0 Å². The summed E-state index contributed by atoms with van der Waals surface area (Å²) >= 11 is 4.95. The lowest BCUT2D eigenvalue weighted by Gasteiger charge is -2.17. The van der Waals surface area contributed by atoms with Crippen molar-refractivity contribution < 1.29 is 4.39 Å². The predicted molar refractivity (Wildman–Crippen MR) is 83.1 cm³/mol. The Kier molecular flexibility index (Phi) is 5.43. The molecule has 0 aliphatic heterocycles. The minimum atomic E-state index is -0.185. The molecule has 0 fully saturated rings. The molecule has 1 N–H and O–H groups in total. The maximum absolute atomic E-state index is 14.1. The first-order valence-corrected chi connectivity index (χ1v) is 7.79. The average molecular weight is 340 g/mol. The molecule has 2 rings (SSSR count). The second-order valence-electron chi connectivity index (χ2n) is 4.11. The lowest BCUT2D eigenvalue weighted by atomic mass is 10.1. The van der Waals surface area contributed by atoms with Crippen LogP contribution in [0.4, 0.5) is 4.39 Å². The summed E-state index contributed by atoms with van der Waals surface area (Å²) < 4.78 is 14.6. The third kappa shape index (κ3) is 3.81. The monoisotopic (exact) mass is 339 g/mol. The maximum Gasteiger partial charge on any atom is 0.142 e. The largest absolute Gasteiger partial charge is 0.312 e. The Morgan fingerprint density at radius 2 is 1.89 bits per heavy atom. The van der Waals surface area contributed by atoms with Crippen LogP contribution in [0.3, 0.4) is 0 Å². The Hall–Kier alpha value is -0.840. The number of thioether (sulfide) groups is 1. The van der Waals surface area contributed by atoms with Gasteiger partial charge >= 0.3 is 0 Å². The summed E-state index contributed by atoms with van der Waals surface area (Å²) in [5, 5.41) is 3.17. The van der Waals surface area contributed by atoms with Crippen molar-refractivity contribution in [1.82, 2.24) is 5.32 Å². The van der Waals surface area contributed by atoms with Crippen molar-refractivity contribution in [3.8, 4) is 0 Å². The summed E-state index contributed by atoms with van der Waals surface area (Å²) in [5.74, 6) is 0.601. The van der Waals surface area contributed by atoms with Gasteiger partial charge in [-0.1, -0.05) is 30.3 Å². The van der Waals surface area contributed by atoms with Gasteiger partial charge in [-0.05, 0) is 41.2 Å². The molecule has 0 heterocycles. The number of nitrogens with one attached hydrogen (secondary N) is 1. The van der Waals surface area contributed by atoms with Gasteiger partial charge in [0.25, 0.3) is 0 Å². The van der Waals surface area contributed by atoms with Crippen LogP contribution in [0.5, 0.6) is 0 Å². The van der Waals surface area contributed by atoms with E-state index < -0.39 is 0 Å². The molecule has 0 aromatic heterocycles. The van der Waals surface area contributed by atoms with E-state index in [2.05, 4.69) is 33.4 Å². The van der Waals surface area contributed by atoms with Crippen LogP contribution in [-0.4, -0.2) is 12.8 Å². The van der Waals surface area contributed by atoms with Crippen molar-refractivity contribution in [3.05, 3.63) is 64.4 Å². The van der Waals surface area contributed by atoms with E-state index >= 15 is 0 Å². The van der Waals surface area contributed by atoms with Gasteiger partial charge in [0, 0.05) is 22.3 Å². The second kappa shape index (κ2) is 7.08. The van der Waals surface area contributed by atoms with E-state index in [1.54, 1.807) is 17.8 Å². The molecule has 0 radical (unpaired) electrons. The maximum atomic E-state index is 14.1. The Morgan fingerprint density at radius 3 is 2.58 bits per heavy atom. The number of rotatable bonds is 5. The molecule has 0 bridgehead atoms. The topological polar surface area (TPSA) is 12.0 Å². The number of halogens is 2. The first-order chi connectivity index (χ1) is 9.22. The standard InChI is InChI=1S/C15H15BrFNS/c1-18-14(10-19-11-6-3-2-4-7-11)12-8-5-9-13(16)15(12)17/h2-9,14,18H,10H2,1H3. The molecule has 0 spiro atoms. The quantitative estimate of drug-likeness (QED) is 0.796. The summed E-state index contributed by atoms with van der Waals surface area (Å²) in [6, 6.07) is 15.5. The van der Waals surface area contributed by atoms with Gasteiger partial charge in [0.15, 0.2) is 0 Å². The Labute approximate surface area is 125 Å². The highest BCUT2D eigenvalue weighted by atomic mass is 79.9. The fourth-order valence-corrected chi connectivity index (χ4v) is 3.25. The molecular weight excluding hydrogens is 325 g/mol. The molecule has 2 aromatic rings. The van der Waals surface area contributed by atoms with E-state index in [-0.39, 0.29) is 11.9 Å². The van der Waals surface area contributed by atoms with Crippen LogP contribution in [0.25, 0.3) is 0 Å². The average Bonchev–Trinajstić information content (AvgIpc) is 2.45. The second-order valence-corrected chi connectivity index (χ2v) is 6.06. The molecule has 19 heavy (non-hydrogen) atoms. The van der Waals surface area contributed by atoms with Crippen LogP contribution in [0, 0.1) is 5.82 Å². The zero-order chi connectivity index (χ0) is 13.7. The summed E-state index contributed by atoms with van der Waals surface area (Å²) in [7, 11) is 1.86. The Balaban J connectivity index is 2.10. The number of hydrogen-bond donors (Lipinski definition) is 1. The van der Waals surface area contributed by atoms with Gasteiger partial charge in [-0.15, -0.1) is 11.8 Å². The van der Waals surface area contributed by atoms with E-state index in [1.165, 1.54) is 4.90 Å². The Morgan fingerprint density at radius 1 is 1.16 bits per heavy atom. The highest BCUT2D eigenvalue weighted by molar-refractivity contribution is 9.10. The van der Waals surface area contributed by atoms with Gasteiger partial charge in [0.1, 0.15) is 5.82 Å². The fourth-order valence-electron chi connectivity index (χ4n) is 1.81. The van der Waals surface area contributed by atoms with Gasteiger partial charge < -0.3 is 5.32 Å². The normalized spacial score (nSPS) is 12.4. The van der Waals surface area contributed by atoms with Crippen LogP contribution < -0.4 is 5.32 Å². The van der Waals surface area contributed by atoms with Crippen LogP contribution in [0.1, 0.15) is 11.6 Å². The van der Waals surface area contributed by atoms with Gasteiger partial charge in [-0.2, -0.15) is 0 Å². The summed E-state index contributed by atoms with van der Waals surface area (Å²) in [5.41, 5.74) is 0.695. The van der Waals surface area contributed by atoms with Crippen molar-refractivity contribution in [2.45, 2.75) is 10.9 Å². The highest BCUT2D eigenvalue weighted by Crippen LogP contribution is 2.28. The summed E-state index contributed by atoms with van der Waals surface area (Å²) in [4.78, 5) is 1.19. The highest BCUT2D eigenvalue weighted by Gasteiger charge is 2.15. The molecule has 1 unspecified atom stereocenters. The van der Waals surface area contributed by atoms with Crippen molar-refractivity contribution >= 4 is 27.7 Å². The minimum Gasteiger partial charge on any atom is -0.312 e. The van der Waals surface area contributed by atoms with Gasteiger partial charge in [0.2, 0.25) is 0 Å². The lowest BCUT2D eigenvalue weighted by Crippen LogP contribution is -2.20. The molecule has 0 saturated heterocycles. The van der Waals surface area contributed by atoms with Gasteiger partial charge in [-0.25, -0.2) is 4.39 Å². The molecular formula is C15H15BrFNS. The molecule has 0 aliphatic rings. The number of hydrogen-bond acceptors (Lipinski definition) is 2. The third-order valence-electron chi connectivity index (χ3n) is 2.87. The summed E-state index contributed by atoms with van der Waals surface area (Å²) in [6.07, 6.45) is 0. The molecule has 0 amide bonds. The SMILES string of the molecule is CNC(CSc1ccccc1)c1cccc(Br)c1F. The van der Waals surface area contributed by atoms with E-state index in [1.807, 2.05) is 37.4 Å². The molecule has 4 heteroatoms. The van der Waals surface area contributed by atoms with Crippen molar-refractivity contribution in [2.75, 3.05) is 12.8 Å². The molecule has 100 valence electrons. The minimum absolute atomic E-state index is 0.0114. The first-order valence-electron chi connectivity index (χ1n) is 6.01. The molecule has 1 atom stereocenters. The molecule has 2 aromatic carbocycles. The van der Waals surface area contributed by atoms with Crippen LogP contribution in [0.15, 0.2) is 57.9 Å². The zero-order valence-corrected chi connectivity index (χ0v) is 13.0. The van der Waals surface area contributed by atoms with Crippen molar-refractivity contribution in [3.63, 3.8) is 0 Å². The smallest absolute Gasteiger partial charge is 0.142 e. The van der Waals surface area contributed by atoms with E-state index in [0.717, 1.165) is 5.75 Å². The lowest BCUT2D eigenvalue weighted by molar-refractivity contribution is 0.561.